The number of phenols is 2. The molecule has 4 aromatic carbocycles. The zero-order valence-electron chi connectivity index (χ0n) is 27.6. The molecule has 0 aliphatic carbocycles. The third kappa shape index (κ3) is 9.49. The lowest BCUT2D eigenvalue weighted by atomic mass is 9.91. The second kappa shape index (κ2) is 17.1. The highest BCUT2D eigenvalue weighted by Crippen LogP contribution is 2.39. The summed E-state index contributed by atoms with van der Waals surface area (Å²) < 4.78 is 0. The number of benzene rings is 4. The van der Waals surface area contributed by atoms with Gasteiger partial charge in [-0.15, -0.1) is 0 Å². The van der Waals surface area contributed by atoms with Crippen molar-refractivity contribution in [1.82, 2.24) is 0 Å². The Balaban J connectivity index is 1.12. The second-order valence-corrected chi connectivity index (χ2v) is 13.2. The molecule has 0 bridgehead atoms. The van der Waals surface area contributed by atoms with E-state index in [1.807, 2.05) is 36.4 Å². The van der Waals surface area contributed by atoms with Gasteiger partial charge < -0.3 is 10.2 Å². The van der Waals surface area contributed by atoms with Crippen LogP contribution in [0.3, 0.4) is 0 Å². The third-order valence-corrected chi connectivity index (χ3v) is 8.99. The molecule has 0 aliphatic heterocycles. The van der Waals surface area contributed by atoms with Crippen molar-refractivity contribution in [2.24, 2.45) is 0 Å². The molecular weight excluding hydrogens is 536 g/mol. The summed E-state index contributed by atoms with van der Waals surface area (Å²) in [4.78, 5) is 0. The van der Waals surface area contributed by atoms with E-state index in [9.17, 15) is 10.2 Å². The third-order valence-electron chi connectivity index (χ3n) is 8.99. The topological polar surface area (TPSA) is 40.5 Å². The normalized spacial score (nSPS) is 11.5. The number of aryl methyl sites for hydroxylation is 2. The minimum atomic E-state index is 0.301. The van der Waals surface area contributed by atoms with Gasteiger partial charge in [0.1, 0.15) is 11.5 Å². The van der Waals surface area contributed by atoms with E-state index in [0.29, 0.717) is 23.3 Å². The Morgan fingerprint density at radius 3 is 1.07 bits per heavy atom. The number of unbranched alkanes of at least 4 members (excludes halogenated alkanes) is 9. The van der Waals surface area contributed by atoms with Crippen LogP contribution in [0.15, 0.2) is 84.9 Å². The maximum atomic E-state index is 10.9. The monoisotopic (exact) mass is 590 g/mol. The Morgan fingerprint density at radius 2 is 0.750 bits per heavy atom. The fraction of sp³-hybridized carbons (Fsp3) is 0.429. The smallest absolute Gasteiger partial charge is 0.126 e. The van der Waals surface area contributed by atoms with Gasteiger partial charge in [-0.25, -0.2) is 0 Å². The van der Waals surface area contributed by atoms with Crippen LogP contribution < -0.4 is 0 Å². The van der Waals surface area contributed by atoms with E-state index in [0.717, 1.165) is 46.2 Å². The number of phenolic OH excluding ortho intramolecular Hbond substituents is 2. The van der Waals surface area contributed by atoms with Gasteiger partial charge in [-0.3, -0.25) is 0 Å². The number of rotatable bonds is 17. The summed E-state index contributed by atoms with van der Waals surface area (Å²) in [7, 11) is 0. The van der Waals surface area contributed by atoms with Crippen molar-refractivity contribution >= 4 is 0 Å². The minimum absolute atomic E-state index is 0.301. The van der Waals surface area contributed by atoms with Crippen molar-refractivity contribution < 1.29 is 10.2 Å². The Bertz CT molecular complexity index is 1310. The molecule has 4 aromatic rings. The molecule has 2 N–H and O–H groups in total. The molecule has 44 heavy (non-hydrogen) atoms. The zero-order chi connectivity index (χ0) is 31.3. The van der Waals surface area contributed by atoms with Gasteiger partial charge in [-0.05, 0) is 83.0 Å². The van der Waals surface area contributed by atoms with Crippen molar-refractivity contribution in [3.8, 4) is 33.8 Å². The first-order valence-corrected chi connectivity index (χ1v) is 17.2. The second-order valence-electron chi connectivity index (χ2n) is 13.2. The molecule has 234 valence electrons. The molecule has 0 unspecified atom stereocenters. The van der Waals surface area contributed by atoms with Gasteiger partial charge in [0.25, 0.3) is 0 Å². The molecule has 0 amide bonds. The standard InChI is InChI=1S/C42H54O2/c1-31(2)37-27-33(29-39(41(37)43)35-23-17-13-18-24-35)21-15-11-9-7-5-6-8-10-12-16-22-34-28-38(32(3)4)42(44)40(30-34)36-25-19-14-20-26-36/h13-14,17-20,23-32,43-44H,5-12,15-16,21-22H2,1-4H3. The van der Waals surface area contributed by atoms with Gasteiger partial charge in [0.2, 0.25) is 0 Å². The highest BCUT2D eigenvalue weighted by molar-refractivity contribution is 5.74. The lowest BCUT2D eigenvalue weighted by molar-refractivity contribution is 0.466. The quantitative estimate of drug-likeness (QED) is 0.120. The van der Waals surface area contributed by atoms with Crippen LogP contribution in [0, 0.1) is 0 Å². The fourth-order valence-electron chi connectivity index (χ4n) is 6.35. The first kappa shape index (κ1) is 33.4. The Labute approximate surface area is 267 Å². The van der Waals surface area contributed by atoms with E-state index in [1.54, 1.807) is 0 Å². The average Bonchev–Trinajstić information content (AvgIpc) is 3.03. The van der Waals surface area contributed by atoms with Crippen LogP contribution in [-0.2, 0) is 12.8 Å². The van der Waals surface area contributed by atoms with E-state index < -0.39 is 0 Å². The molecule has 0 fully saturated rings. The van der Waals surface area contributed by atoms with Crippen LogP contribution in [0.5, 0.6) is 11.5 Å². The number of hydrogen-bond donors (Lipinski definition) is 2. The predicted molar refractivity (Wildman–Crippen MR) is 189 cm³/mol. The number of aromatic hydroxyl groups is 2. The van der Waals surface area contributed by atoms with Gasteiger partial charge in [0.05, 0.1) is 0 Å². The molecule has 0 radical (unpaired) electrons. The van der Waals surface area contributed by atoms with Crippen LogP contribution in [-0.4, -0.2) is 10.2 Å². The van der Waals surface area contributed by atoms with Crippen molar-refractivity contribution in [3.05, 3.63) is 107 Å². The summed E-state index contributed by atoms with van der Waals surface area (Å²) >= 11 is 0. The molecule has 0 saturated heterocycles. The highest BCUT2D eigenvalue weighted by Gasteiger charge is 2.15. The lowest BCUT2D eigenvalue weighted by Gasteiger charge is -2.16. The predicted octanol–water partition coefficient (Wildman–Crippen LogP) is 12.4. The molecule has 0 aliphatic rings. The molecule has 0 saturated carbocycles. The highest BCUT2D eigenvalue weighted by atomic mass is 16.3. The van der Waals surface area contributed by atoms with Crippen LogP contribution in [0.1, 0.15) is 126 Å². The van der Waals surface area contributed by atoms with Gasteiger partial charge in [0, 0.05) is 11.1 Å². The van der Waals surface area contributed by atoms with Gasteiger partial charge in [-0.1, -0.05) is 152 Å². The molecular formula is C42H54O2. The maximum absolute atomic E-state index is 10.9. The molecule has 0 spiro atoms. The molecule has 4 rings (SSSR count). The summed E-state index contributed by atoms with van der Waals surface area (Å²) in [6.45, 7) is 8.64. The molecule has 2 nitrogen and oxygen atoms in total. The Morgan fingerprint density at radius 1 is 0.432 bits per heavy atom. The summed E-state index contributed by atoms with van der Waals surface area (Å²) in [5.41, 5.74) is 8.91. The Kier molecular flexibility index (Phi) is 13.0. The lowest BCUT2D eigenvalue weighted by Crippen LogP contribution is -1.96. The van der Waals surface area contributed by atoms with Crippen molar-refractivity contribution in [2.45, 2.75) is 117 Å². The molecule has 0 aromatic heterocycles. The fourth-order valence-corrected chi connectivity index (χ4v) is 6.35. The van der Waals surface area contributed by atoms with Crippen LogP contribution in [0.25, 0.3) is 22.3 Å². The summed E-state index contributed by atoms with van der Waals surface area (Å²) in [5.74, 6) is 1.48. The SMILES string of the molecule is CC(C)c1cc(CCCCCCCCCCCCc2cc(-c3ccccc3)c(O)c(C(C)C)c2)cc(-c2ccccc2)c1O. The Hall–Kier alpha value is -3.52. The van der Waals surface area contributed by atoms with Crippen LogP contribution >= 0.6 is 0 Å². The first-order chi connectivity index (χ1) is 21.3. The largest absolute Gasteiger partial charge is 0.507 e. The van der Waals surface area contributed by atoms with Crippen LogP contribution in [0.4, 0.5) is 0 Å². The maximum Gasteiger partial charge on any atom is 0.126 e. The van der Waals surface area contributed by atoms with Crippen LogP contribution in [0.2, 0.25) is 0 Å². The van der Waals surface area contributed by atoms with E-state index in [2.05, 4.69) is 76.2 Å². The first-order valence-electron chi connectivity index (χ1n) is 17.2. The van der Waals surface area contributed by atoms with E-state index in [-0.39, 0.29) is 0 Å². The van der Waals surface area contributed by atoms with Gasteiger partial charge in [0.15, 0.2) is 0 Å². The van der Waals surface area contributed by atoms with E-state index >= 15 is 0 Å². The summed E-state index contributed by atoms with van der Waals surface area (Å²) in [5, 5.41) is 21.9. The van der Waals surface area contributed by atoms with E-state index in [4.69, 9.17) is 0 Å². The summed E-state index contributed by atoms with van der Waals surface area (Å²) in [6.07, 6.45) is 15.1. The average molecular weight is 591 g/mol. The molecule has 0 atom stereocenters. The molecule has 2 heteroatoms. The number of hydrogen-bond acceptors (Lipinski definition) is 2. The summed E-state index contributed by atoms with van der Waals surface area (Å²) in [6, 6.07) is 29.4. The van der Waals surface area contributed by atoms with Crippen molar-refractivity contribution in [3.63, 3.8) is 0 Å². The zero-order valence-corrected chi connectivity index (χ0v) is 27.6. The van der Waals surface area contributed by atoms with Gasteiger partial charge in [-0.2, -0.15) is 0 Å². The molecule has 0 heterocycles. The minimum Gasteiger partial charge on any atom is -0.507 e. The van der Waals surface area contributed by atoms with Crippen molar-refractivity contribution in [2.75, 3.05) is 0 Å². The van der Waals surface area contributed by atoms with Crippen molar-refractivity contribution in [1.29, 1.82) is 0 Å². The van der Waals surface area contributed by atoms with E-state index in [1.165, 1.54) is 75.3 Å². The van der Waals surface area contributed by atoms with Gasteiger partial charge >= 0.3 is 0 Å².